The summed E-state index contributed by atoms with van der Waals surface area (Å²) in [5, 5.41) is 13.2. The number of aromatic nitrogens is 2. The highest BCUT2D eigenvalue weighted by atomic mass is 16.1. The van der Waals surface area contributed by atoms with Crippen LogP contribution in [0.25, 0.3) is 0 Å². The molecule has 1 aromatic rings. The predicted octanol–water partition coefficient (Wildman–Crippen LogP) is 1.50. The Morgan fingerprint density at radius 1 is 1.53 bits per heavy atom. The van der Waals surface area contributed by atoms with Crippen LogP contribution in [0.4, 0.5) is 5.69 Å². The van der Waals surface area contributed by atoms with Gasteiger partial charge >= 0.3 is 0 Å². The third-order valence-electron chi connectivity index (χ3n) is 3.27. The van der Waals surface area contributed by atoms with Crippen LogP contribution >= 0.6 is 0 Å². The molecular formula is C12H20N4O. The second-order valence-electron chi connectivity index (χ2n) is 4.69. The highest BCUT2D eigenvalue weighted by Gasteiger charge is 2.16. The van der Waals surface area contributed by atoms with E-state index in [-0.39, 0.29) is 5.91 Å². The van der Waals surface area contributed by atoms with Gasteiger partial charge < -0.3 is 10.6 Å². The Morgan fingerprint density at radius 3 is 2.94 bits per heavy atom. The summed E-state index contributed by atoms with van der Waals surface area (Å²) in [5.74, 6) is 0.0753. The maximum atomic E-state index is 11.8. The summed E-state index contributed by atoms with van der Waals surface area (Å²) >= 11 is 0. The average Bonchev–Trinajstić information content (AvgIpc) is 2.91. The zero-order valence-electron chi connectivity index (χ0n) is 10.5. The predicted molar refractivity (Wildman–Crippen MR) is 67.0 cm³/mol. The molecule has 1 amide bonds. The second kappa shape index (κ2) is 5.31. The van der Waals surface area contributed by atoms with Gasteiger partial charge in [-0.2, -0.15) is 5.10 Å². The Hall–Kier alpha value is -1.36. The van der Waals surface area contributed by atoms with Crippen LogP contribution in [0.5, 0.6) is 0 Å². The number of carbonyl (C=O) groups excluding carboxylic acids is 1. The molecule has 5 nitrogen and oxygen atoms in total. The lowest BCUT2D eigenvalue weighted by atomic mass is 10.1. The molecule has 0 aliphatic carbocycles. The number of carbonyl (C=O) groups is 1. The van der Waals surface area contributed by atoms with Gasteiger partial charge in [0.25, 0.3) is 0 Å². The van der Waals surface area contributed by atoms with Gasteiger partial charge in [-0.05, 0) is 39.7 Å². The Labute approximate surface area is 101 Å². The van der Waals surface area contributed by atoms with Gasteiger partial charge in [0, 0.05) is 12.5 Å². The van der Waals surface area contributed by atoms with E-state index < -0.39 is 0 Å². The summed E-state index contributed by atoms with van der Waals surface area (Å²) in [5.41, 5.74) is 2.58. The average molecular weight is 236 g/mol. The number of hydrogen-bond acceptors (Lipinski definition) is 3. The second-order valence-corrected chi connectivity index (χ2v) is 4.69. The van der Waals surface area contributed by atoms with Crippen molar-refractivity contribution in [3.05, 3.63) is 11.4 Å². The van der Waals surface area contributed by atoms with Crippen molar-refractivity contribution in [2.24, 2.45) is 0 Å². The molecule has 2 heterocycles. The first-order valence-electron chi connectivity index (χ1n) is 6.21. The zero-order valence-corrected chi connectivity index (χ0v) is 10.5. The number of nitrogens with one attached hydrogen (secondary N) is 3. The third-order valence-corrected chi connectivity index (χ3v) is 3.27. The number of amides is 1. The highest BCUT2D eigenvalue weighted by molar-refractivity contribution is 5.91. The van der Waals surface area contributed by atoms with E-state index in [9.17, 15) is 4.79 Å². The Bertz CT molecular complexity index is 374. The summed E-state index contributed by atoms with van der Waals surface area (Å²) < 4.78 is 0. The van der Waals surface area contributed by atoms with Gasteiger partial charge in [-0.3, -0.25) is 9.89 Å². The molecule has 1 unspecified atom stereocenters. The SMILES string of the molecule is Cc1n[nH]c(C)c1NC(=O)CCC1CCCN1. The summed E-state index contributed by atoms with van der Waals surface area (Å²) in [4.78, 5) is 11.8. The molecule has 2 rings (SSSR count). The van der Waals surface area contributed by atoms with E-state index in [1.165, 1.54) is 12.8 Å². The van der Waals surface area contributed by atoms with Crippen molar-refractivity contribution in [2.75, 3.05) is 11.9 Å². The first-order valence-corrected chi connectivity index (χ1v) is 6.21. The Kier molecular flexibility index (Phi) is 3.78. The first-order chi connectivity index (χ1) is 8.16. The standard InChI is InChI=1S/C12H20N4O/c1-8-12(9(2)16-15-8)14-11(17)6-5-10-4-3-7-13-10/h10,13H,3-7H2,1-2H3,(H,14,17)(H,15,16). The van der Waals surface area contributed by atoms with Crippen LogP contribution in [0.3, 0.4) is 0 Å². The highest BCUT2D eigenvalue weighted by Crippen LogP contribution is 2.17. The van der Waals surface area contributed by atoms with Gasteiger partial charge in [0.05, 0.1) is 17.1 Å². The fourth-order valence-electron chi connectivity index (χ4n) is 2.25. The summed E-state index contributed by atoms with van der Waals surface area (Å²) in [7, 11) is 0. The van der Waals surface area contributed by atoms with Gasteiger partial charge in [-0.15, -0.1) is 0 Å². The fourth-order valence-corrected chi connectivity index (χ4v) is 2.25. The summed E-state index contributed by atoms with van der Waals surface area (Å²) in [6.45, 7) is 4.89. The van der Waals surface area contributed by atoms with Gasteiger partial charge in [-0.1, -0.05) is 0 Å². The van der Waals surface area contributed by atoms with E-state index >= 15 is 0 Å². The molecule has 1 aromatic heterocycles. The van der Waals surface area contributed by atoms with Crippen LogP contribution in [0, 0.1) is 13.8 Å². The van der Waals surface area contributed by atoms with Crippen molar-refractivity contribution >= 4 is 11.6 Å². The number of nitrogens with zero attached hydrogens (tertiary/aromatic N) is 1. The van der Waals surface area contributed by atoms with E-state index in [4.69, 9.17) is 0 Å². The summed E-state index contributed by atoms with van der Waals surface area (Å²) in [6, 6.07) is 0.521. The van der Waals surface area contributed by atoms with Crippen molar-refractivity contribution in [3.63, 3.8) is 0 Å². The van der Waals surface area contributed by atoms with E-state index in [1.54, 1.807) is 0 Å². The van der Waals surface area contributed by atoms with Crippen LogP contribution in [0.15, 0.2) is 0 Å². The molecule has 0 bridgehead atoms. The van der Waals surface area contributed by atoms with E-state index in [0.717, 1.165) is 30.0 Å². The molecule has 0 saturated carbocycles. The van der Waals surface area contributed by atoms with Gasteiger partial charge in [0.2, 0.25) is 5.91 Å². The fraction of sp³-hybridized carbons (Fsp3) is 0.667. The molecule has 94 valence electrons. The number of aromatic amines is 1. The van der Waals surface area contributed by atoms with Gasteiger partial charge in [0.15, 0.2) is 0 Å². The topological polar surface area (TPSA) is 69.8 Å². The van der Waals surface area contributed by atoms with E-state index in [0.29, 0.717) is 12.5 Å². The molecule has 0 spiro atoms. The van der Waals surface area contributed by atoms with Crippen LogP contribution in [-0.4, -0.2) is 28.7 Å². The third kappa shape index (κ3) is 3.06. The van der Waals surface area contributed by atoms with Crippen molar-refractivity contribution in [1.29, 1.82) is 0 Å². The minimum Gasteiger partial charge on any atom is -0.323 e. The normalized spacial score (nSPS) is 19.5. The lowest BCUT2D eigenvalue weighted by molar-refractivity contribution is -0.116. The first kappa shape index (κ1) is 12.1. The molecule has 3 N–H and O–H groups in total. The monoisotopic (exact) mass is 236 g/mol. The minimum atomic E-state index is 0.0753. The lowest BCUT2D eigenvalue weighted by Crippen LogP contribution is -2.23. The molecule has 17 heavy (non-hydrogen) atoms. The molecule has 1 aliphatic heterocycles. The maximum absolute atomic E-state index is 11.8. The lowest BCUT2D eigenvalue weighted by Gasteiger charge is -2.10. The minimum absolute atomic E-state index is 0.0753. The van der Waals surface area contributed by atoms with Crippen LogP contribution in [0.1, 0.15) is 37.1 Å². The van der Waals surface area contributed by atoms with E-state index in [2.05, 4.69) is 20.8 Å². The van der Waals surface area contributed by atoms with Crippen molar-refractivity contribution in [2.45, 2.75) is 45.6 Å². The molecule has 1 saturated heterocycles. The van der Waals surface area contributed by atoms with Gasteiger partial charge in [-0.25, -0.2) is 0 Å². The Morgan fingerprint density at radius 2 is 2.35 bits per heavy atom. The number of hydrogen-bond donors (Lipinski definition) is 3. The van der Waals surface area contributed by atoms with Gasteiger partial charge in [0.1, 0.15) is 0 Å². The number of H-pyrrole nitrogens is 1. The van der Waals surface area contributed by atoms with Crippen LogP contribution in [-0.2, 0) is 4.79 Å². The number of rotatable bonds is 4. The molecule has 1 fully saturated rings. The van der Waals surface area contributed by atoms with Crippen molar-refractivity contribution < 1.29 is 4.79 Å². The molecule has 1 aliphatic rings. The largest absolute Gasteiger partial charge is 0.323 e. The quantitative estimate of drug-likeness (QED) is 0.742. The molecule has 1 atom stereocenters. The van der Waals surface area contributed by atoms with E-state index in [1.807, 2.05) is 13.8 Å². The number of aryl methyl sites for hydroxylation is 2. The summed E-state index contributed by atoms with van der Waals surface area (Å²) in [6.07, 6.45) is 3.91. The molecule has 0 radical (unpaired) electrons. The van der Waals surface area contributed by atoms with Crippen LogP contribution in [0.2, 0.25) is 0 Å². The molecule has 5 heteroatoms. The maximum Gasteiger partial charge on any atom is 0.224 e. The van der Waals surface area contributed by atoms with Crippen LogP contribution < -0.4 is 10.6 Å². The van der Waals surface area contributed by atoms with Crippen molar-refractivity contribution in [1.82, 2.24) is 15.5 Å². The molecule has 0 aromatic carbocycles. The van der Waals surface area contributed by atoms with Crippen molar-refractivity contribution in [3.8, 4) is 0 Å². The zero-order chi connectivity index (χ0) is 12.3. The smallest absolute Gasteiger partial charge is 0.224 e. The molecular weight excluding hydrogens is 216 g/mol. The number of anilines is 1. The Balaban J connectivity index is 1.80.